The molecule has 1 atom stereocenters. The van der Waals surface area contributed by atoms with Crippen LogP contribution < -0.4 is 10.5 Å². The van der Waals surface area contributed by atoms with E-state index >= 15 is 0 Å². The molecule has 3 aromatic heterocycles. The number of para-hydroxylation sites is 1. The van der Waals surface area contributed by atoms with E-state index in [2.05, 4.69) is 21.1 Å². The summed E-state index contributed by atoms with van der Waals surface area (Å²) in [5.41, 5.74) is 11.8. The van der Waals surface area contributed by atoms with Crippen LogP contribution in [0.2, 0.25) is 0 Å². The van der Waals surface area contributed by atoms with Crippen LogP contribution in [0.4, 0.5) is 0 Å². The van der Waals surface area contributed by atoms with Crippen molar-refractivity contribution in [3.05, 3.63) is 66.9 Å². The van der Waals surface area contributed by atoms with Gasteiger partial charge in [0.25, 0.3) is 0 Å². The molecule has 1 unspecified atom stereocenters. The summed E-state index contributed by atoms with van der Waals surface area (Å²) in [5, 5.41) is 4.50. The molecule has 0 saturated carbocycles. The number of aromatic nitrogens is 4. The van der Waals surface area contributed by atoms with Gasteiger partial charge in [0.05, 0.1) is 11.8 Å². The highest BCUT2D eigenvalue weighted by molar-refractivity contribution is 5.83. The Kier molecular flexibility index (Phi) is 3.43. The molecule has 0 radical (unpaired) electrons. The van der Waals surface area contributed by atoms with Gasteiger partial charge in [-0.15, -0.1) is 0 Å². The van der Waals surface area contributed by atoms with Gasteiger partial charge in [-0.2, -0.15) is 5.10 Å². The molecule has 0 bridgehead atoms. The topological polar surface area (TPSA) is 78.3 Å². The van der Waals surface area contributed by atoms with Gasteiger partial charge in [-0.1, -0.05) is 18.2 Å². The summed E-state index contributed by atoms with van der Waals surface area (Å²) in [7, 11) is 0. The minimum atomic E-state index is 0.0410. The number of pyridine rings is 1. The van der Waals surface area contributed by atoms with Gasteiger partial charge in [-0.25, -0.2) is 9.50 Å². The molecule has 4 aromatic rings. The summed E-state index contributed by atoms with van der Waals surface area (Å²) in [6.07, 6.45) is 10.1. The van der Waals surface area contributed by atoms with Crippen LogP contribution in [0.15, 0.2) is 61.3 Å². The first-order chi connectivity index (χ1) is 12.8. The van der Waals surface area contributed by atoms with Crippen molar-refractivity contribution < 1.29 is 4.74 Å². The molecule has 4 heterocycles. The first kappa shape index (κ1) is 15.0. The van der Waals surface area contributed by atoms with Crippen LogP contribution in [-0.2, 0) is 6.42 Å². The van der Waals surface area contributed by atoms with E-state index in [0.29, 0.717) is 6.54 Å². The van der Waals surface area contributed by atoms with Crippen molar-refractivity contribution in [1.29, 1.82) is 0 Å². The zero-order valence-corrected chi connectivity index (χ0v) is 14.0. The van der Waals surface area contributed by atoms with E-state index in [9.17, 15) is 0 Å². The molecule has 5 rings (SSSR count). The maximum absolute atomic E-state index is 6.06. The summed E-state index contributed by atoms with van der Waals surface area (Å²) in [4.78, 5) is 8.72. The van der Waals surface area contributed by atoms with Crippen LogP contribution in [0.3, 0.4) is 0 Å². The van der Waals surface area contributed by atoms with Gasteiger partial charge in [0.1, 0.15) is 11.9 Å². The van der Waals surface area contributed by atoms with Crippen molar-refractivity contribution in [3.8, 4) is 28.0 Å². The number of benzene rings is 1. The van der Waals surface area contributed by atoms with Gasteiger partial charge in [0, 0.05) is 48.9 Å². The fourth-order valence-electron chi connectivity index (χ4n) is 3.44. The van der Waals surface area contributed by atoms with Gasteiger partial charge in [0.2, 0.25) is 0 Å². The zero-order valence-electron chi connectivity index (χ0n) is 14.0. The van der Waals surface area contributed by atoms with E-state index in [1.807, 2.05) is 42.9 Å². The lowest BCUT2D eigenvalue weighted by molar-refractivity contribution is 0.242. The Bertz CT molecular complexity index is 1090. The van der Waals surface area contributed by atoms with E-state index in [1.165, 1.54) is 5.56 Å². The monoisotopic (exact) mass is 343 g/mol. The molecule has 1 aliphatic rings. The SMILES string of the molecule is NCC1Cc2cccc(-c3cnn4cc(-c5ccncc5)cnc34)c2O1. The number of hydrogen-bond donors (Lipinski definition) is 1. The summed E-state index contributed by atoms with van der Waals surface area (Å²) < 4.78 is 7.86. The third kappa shape index (κ3) is 2.34. The Morgan fingerprint density at radius 2 is 1.96 bits per heavy atom. The summed E-state index contributed by atoms with van der Waals surface area (Å²) in [6, 6.07) is 10.1. The lowest BCUT2D eigenvalue weighted by Gasteiger charge is -2.10. The van der Waals surface area contributed by atoms with Crippen LogP contribution in [0.5, 0.6) is 5.75 Å². The fourth-order valence-corrected chi connectivity index (χ4v) is 3.44. The molecule has 0 fully saturated rings. The molecule has 2 N–H and O–H groups in total. The van der Waals surface area contributed by atoms with E-state index in [-0.39, 0.29) is 6.10 Å². The summed E-state index contributed by atoms with van der Waals surface area (Å²) in [5.74, 6) is 0.901. The summed E-state index contributed by atoms with van der Waals surface area (Å²) in [6.45, 7) is 0.510. The fraction of sp³-hybridized carbons (Fsp3) is 0.150. The van der Waals surface area contributed by atoms with E-state index in [0.717, 1.165) is 40.1 Å². The third-order valence-electron chi connectivity index (χ3n) is 4.75. The Morgan fingerprint density at radius 3 is 2.81 bits per heavy atom. The highest BCUT2D eigenvalue weighted by Gasteiger charge is 2.26. The number of nitrogens with zero attached hydrogens (tertiary/aromatic N) is 4. The van der Waals surface area contributed by atoms with Crippen molar-refractivity contribution in [2.24, 2.45) is 5.73 Å². The smallest absolute Gasteiger partial charge is 0.162 e. The van der Waals surface area contributed by atoms with Crippen LogP contribution >= 0.6 is 0 Å². The zero-order chi connectivity index (χ0) is 17.5. The number of fused-ring (bicyclic) bond motifs is 2. The molecule has 6 nitrogen and oxygen atoms in total. The highest BCUT2D eigenvalue weighted by Crippen LogP contribution is 2.39. The number of nitrogens with two attached hydrogens (primary N) is 1. The first-order valence-electron chi connectivity index (χ1n) is 8.56. The standard InChI is InChI=1S/C20H17N5O/c21-9-16-8-14-2-1-3-17(19(14)26-16)18-11-24-25-12-15(10-23-20(18)25)13-4-6-22-7-5-13/h1-7,10-12,16H,8-9,21H2. The Labute approximate surface area is 150 Å². The number of hydrogen-bond acceptors (Lipinski definition) is 5. The van der Waals surface area contributed by atoms with Crippen molar-refractivity contribution in [3.63, 3.8) is 0 Å². The molecule has 0 saturated heterocycles. The Morgan fingerprint density at radius 1 is 1.08 bits per heavy atom. The average Bonchev–Trinajstić information content (AvgIpc) is 3.31. The maximum Gasteiger partial charge on any atom is 0.162 e. The van der Waals surface area contributed by atoms with Gasteiger partial charge < -0.3 is 10.5 Å². The lowest BCUT2D eigenvalue weighted by Crippen LogP contribution is -2.24. The van der Waals surface area contributed by atoms with Crippen LogP contribution in [0, 0.1) is 0 Å². The van der Waals surface area contributed by atoms with Crippen molar-refractivity contribution in [1.82, 2.24) is 19.6 Å². The van der Waals surface area contributed by atoms with Crippen LogP contribution in [0.1, 0.15) is 5.56 Å². The lowest BCUT2D eigenvalue weighted by atomic mass is 10.0. The van der Waals surface area contributed by atoms with Crippen LogP contribution in [0.25, 0.3) is 27.9 Å². The van der Waals surface area contributed by atoms with E-state index in [4.69, 9.17) is 10.5 Å². The maximum atomic E-state index is 6.06. The van der Waals surface area contributed by atoms with Crippen molar-refractivity contribution in [2.45, 2.75) is 12.5 Å². The second-order valence-corrected chi connectivity index (χ2v) is 6.38. The van der Waals surface area contributed by atoms with Gasteiger partial charge in [-0.05, 0) is 23.3 Å². The molecular formula is C20H17N5O. The predicted octanol–water partition coefficient (Wildman–Crippen LogP) is 2.72. The Balaban J connectivity index is 1.61. The molecule has 0 amide bonds. The minimum Gasteiger partial charge on any atom is -0.488 e. The van der Waals surface area contributed by atoms with E-state index < -0.39 is 0 Å². The van der Waals surface area contributed by atoms with Crippen LogP contribution in [-0.4, -0.2) is 32.2 Å². The molecule has 6 heteroatoms. The van der Waals surface area contributed by atoms with E-state index in [1.54, 1.807) is 16.9 Å². The van der Waals surface area contributed by atoms with Gasteiger partial charge >= 0.3 is 0 Å². The molecule has 0 spiro atoms. The molecular weight excluding hydrogens is 326 g/mol. The van der Waals surface area contributed by atoms with Gasteiger partial charge in [0.15, 0.2) is 5.65 Å². The average molecular weight is 343 g/mol. The minimum absolute atomic E-state index is 0.0410. The first-order valence-corrected chi connectivity index (χ1v) is 8.56. The molecule has 1 aliphatic heterocycles. The normalized spacial score (nSPS) is 15.8. The highest BCUT2D eigenvalue weighted by atomic mass is 16.5. The van der Waals surface area contributed by atoms with Crippen molar-refractivity contribution >= 4 is 5.65 Å². The third-order valence-corrected chi connectivity index (χ3v) is 4.75. The molecule has 1 aromatic carbocycles. The number of ether oxygens (including phenoxy) is 1. The molecule has 26 heavy (non-hydrogen) atoms. The number of rotatable bonds is 3. The molecule has 0 aliphatic carbocycles. The Hall–Kier alpha value is -3.25. The second-order valence-electron chi connectivity index (χ2n) is 6.38. The van der Waals surface area contributed by atoms with Gasteiger partial charge in [-0.3, -0.25) is 4.98 Å². The van der Waals surface area contributed by atoms with Crippen molar-refractivity contribution in [2.75, 3.05) is 6.54 Å². The predicted molar refractivity (Wildman–Crippen MR) is 98.8 cm³/mol. The summed E-state index contributed by atoms with van der Waals surface area (Å²) >= 11 is 0. The largest absolute Gasteiger partial charge is 0.488 e. The molecule has 128 valence electrons. The second kappa shape index (κ2) is 5.93. The quantitative estimate of drug-likeness (QED) is 0.619.